The minimum absolute atomic E-state index is 0.0133. The third kappa shape index (κ3) is 4.56. The molecule has 2 aliphatic rings. The van der Waals surface area contributed by atoms with E-state index in [4.69, 9.17) is 0 Å². The van der Waals surface area contributed by atoms with Crippen molar-refractivity contribution in [1.29, 1.82) is 0 Å². The zero-order valence-electron chi connectivity index (χ0n) is 20.4. The summed E-state index contributed by atoms with van der Waals surface area (Å²) in [5.74, 6) is -0.302. The first-order valence-corrected chi connectivity index (χ1v) is 12.3. The minimum atomic E-state index is -0.779. The topological polar surface area (TPSA) is 73.0 Å². The average molecular weight is 483 g/mol. The summed E-state index contributed by atoms with van der Waals surface area (Å²) in [4.78, 5) is 45.3. The highest BCUT2D eigenvalue weighted by Crippen LogP contribution is 2.39. The quantitative estimate of drug-likeness (QED) is 0.599. The maximum absolute atomic E-state index is 13.8. The van der Waals surface area contributed by atoms with Gasteiger partial charge in [-0.15, -0.1) is 0 Å². The molecule has 184 valence electrons. The van der Waals surface area contributed by atoms with E-state index in [1.165, 1.54) is 0 Å². The highest BCUT2D eigenvalue weighted by Gasteiger charge is 2.54. The number of carbonyl (C=O) groups is 3. The average Bonchev–Trinajstić information content (AvgIpc) is 3.16. The monoisotopic (exact) mass is 482 g/mol. The van der Waals surface area contributed by atoms with E-state index in [-0.39, 0.29) is 24.3 Å². The Hall–Kier alpha value is -4.13. The number of nitrogens with zero attached hydrogens (tertiary/aromatic N) is 3. The van der Waals surface area contributed by atoms with Crippen molar-refractivity contribution in [3.05, 3.63) is 96.1 Å². The van der Waals surface area contributed by atoms with Crippen LogP contribution in [0.5, 0.6) is 0 Å². The number of piperidine rings is 1. The van der Waals surface area contributed by atoms with Crippen LogP contribution >= 0.6 is 0 Å². The van der Waals surface area contributed by atoms with Gasteiger partial charge in [0.1, 0.15) is 12.1 Å². The maximum atomic E-state index is 13.8. The van der Waals surface area contributed by atoms with Crippen LogP contribution < -0.4 is 10.2 Å². The van der Waals surface area contributed by atoms with Crippen LogP contribution in [0.25, 0.3) is 0 Å². The molecule has 36 heavy (non-hydrogen) atoms. The predicted octanol–water partition coefficient (Wildman–Crippen LogP) is 3.91. The molecule has 3 aromatic carbocycles. The second-order valence-electron chi connectivity index (χ2n) is 9.51. The van der Waals surface area contributed by atoms with Crippen LogP contribution in [0.2, 0.25) is 0 Å². The van der Waals surface area contributed by atoms with Crippen molar-refractivity contribution in [2.75, 3.05) is 36.5 Å². The first-order chi connectivity index (χ1) is 17.5. The van der Waals surface area contributed by atoms with Gasteiger partial charge in [-0.3, -0.25) is 14.4 Å². The van der Waals surface area contributed by atoms with Crippen molar-refractivity contribution in [1.82, 2.24) is 9.80 Å². The van der Waals surface area contributed by atoms with Gasteiger partial charge < -0.3 is 20.0 Å². The van der Waals surface area contributed by atoms with Gasteiger partial charge >= 0.3 is 0 Å². The Labute approximate surface area is 211 Å². The molecule has 0 saturated carbocycles. The molecule has 1 N–H and O–H groups in total. The molecule has 3 aromatic rings. The number of hydrogen-bond donors (Lipinski definition) is 1. The summed E-state index contributed by atoms with van der Waals surface area (Å²) in [5, 5.41) is 2.88. The van der Waals surface area contributed by atoms with Crippen LogP contribution in [0.1, 0.15) is 28.8 Å². The molecular formula is C29H30N4O3. The molecule has 0 bridgehead atoms. The summed E-state index contributed by atoms with van der Waals surface area (Å²) in [5.41, 5.74) is 2.63. The fourth-order valence-corrected chi connectivity index (χ4v) is 5.18. The number of para-hydroxylation sites is 2. The molecular weight excluding hydrogens is 452 g/mol. The highest BCUT2D eigenvalue weighted by atomic mass is 16.2. The fourth-order valence-electron chi connectivity index (χ4n) is 5.18. The van der Waals surface area contributed by atoms with E-state index in [2.05, 4.69) is 10.2 Å². The van der Waals surface area contributed by atoms with Gasteiger partial charge in [0, 0.05) is 30.0 Å². The summed E-state index contributed by atoms with van der Waals surface area (Å²) < 4.78 is 0. The number of hydrogen-bond acceptors (Lipinski definition) is 4. The lowest BCUT2D eigenvalue weighted by Crippen LogP contribution is -2.57. The van der Waals surface area contributed by atoms with E-state index >= 15 is 0 Å². The lowest BCUT2D eigenvalue weighted by molar-refractivity contribution is -0.136. The standard InChI is InChI=1S/C29H30N4O3/c1-22-12-14-23(15-13-22)27(35)31-18-16-29(17-19-31)28(36)32(21-33(29)25-10-6-3-7-11-25)20-26(34)30-24-8-4-2-5-9-24/h2-15H,16-21H2,1H3,(H,30,34). The Kier molecular flexibility index (Phi) is 6.46. The number of anilines is 2. The maximum Gasteiger partial charge on any atom is 0.253 e. The van der Waals surface area contributed by atoms with Crippen molar-refractivity contribution in [2.24, 2.45) is 0 Å². The van der Waals surface area contributed by atoms with Gasteiger partial charge in [-0.25, -0.2) is 0 Å². The Bertz CT molecular complexity index is 1240. The number of benzene rings is 3. The Morgan fingerprint density at radius 3 is 2.11 bits per heavy atom. The van der Waals surface area contributed by atoms with Crippen molar-refractivity contribution < 1.29 is 14.4 Å². The summed E-state index contributed by atoms with van der Waals surface area (Å²) in [6.07, 6.45) is 1.02. The summed E-state index contributed by atoms with van der Waals surface area (Å²) >= 11 is 0. The van der Waals surface area contributed by atoms with E-state index < -0.39 is 5.54 Å². The van der Waals surface area contributed by atoms with E-state index in [0.29, 0.717) is 43.9 Å². The van der Waals surface area contributed by atoms with Crippen LogP contribution in [0.3, 0.4) is 0 Å². The van der Waals surface area contributed by atoms with Crippen molar-refractivity contribution in [3.8, 4) is 0 Å². The molecule has 0 unspecified atom stereocenters. The molecule has 7 nitrogen and oxygen atoms in total. The van der Waals surface area contributed by atoms with E-state index in [9.17, 15) is 14.4 Å². The zero-order chi connectivity index (χ0) is 25.1. The molecule has 0 radical (unpaired) electrons. The molecule has 2 fully saturated rings. The Morgan fingerprint density at radius 1 is 0.861 bits per heavy atom. The molecule has 0 aliphatic carbocycles. The van der Waals surface area contributed by atoms with Gasteiger partial charge in [0.15, 0.2) is 0 Å². The van der Waals surface area contributed by atoms with Gasteiger partial charge in [-0.05, 0) is 56.2 Å². The summed E-state index contributed by atoms with van der Waals surface area (Å²) in [6, 6.07) is 26.7. The number of nitrogens with one attached hydrogen (secondary N) is 1. The number of aryl methyl sites for hydroxylation is 1. The summed E-state index contributed by atoms with van der Waals surface area (Å²) in [6.45, 7) is 3.26. The molecule has 0 atom stereocenters. The molecule has 2 saturated heterocycles. The SMILES string of the molecule is Cc1ccc(C(=O)N2CCC3(CC2)C(=O)N(CC(=O)Nc2ccccc2)CN3c2ccccc2)cc1. The van der Waals surface area contributed by atoms with Crippen molar-refractivity contribution in [3.63, 3.8) is 0 Å². The molecule has 1 spiro atoms. The first kappa shape index (κ1) is 23.6. The fraction of sp³-hybridized carbons (Fsp3) is 0.276. The van der Waals surface area contributed by atoms with Gasteiger partial charge in [0.05, 0.1) is 6.67 Å². The Balaban J connectivity index is 1.34. The normalized spacial score (nSPS) is 16.9. The largest absolute Gasteiger partial charge is 0.339 e. The molecule has 2 aliphatic heterocycles. The van der Waals surface area contributed by atoms with Crippen molar-refractivity contribution in [2.45, 2.75) is 25.3 Å². The van der Waals surface area contributed by atoms with E-state index in [1.807, 2.05) is 96.8 Å². The summed E-state index contributed by atoms with van der Waals surface area (Å²) in [7, 11) is 0. The van der Waals surface area contributed by atoms with Crippen LogP contribution in [-0.4, -0.2) is 59.4 Å². The molecule has 7 heteroatoms. The lowest BCUT2D eigenvalue weighted by atomic mass is 9.85. The molecule has 5 rings (SSSR count). The second kappa shape index (κ2) is 9.85. The number of amides is 3. The Morgan fingerprint density at radius 2 is 1.47 bits per heavy atom. The first-order valence-electron chi connectivity index (χ1n) is 12.3. The van der Waals surface area contributed by atoms with Gasteiger partial charge in [-0.2, -0.15) is 0 Å². The van der Waals surface area contributed by atoms with E-state index in [0.717, 1.165) is 11.3 Å². The highest BCUT2D eigenvalue weighted by molar-refractivity contribution is 6.00. The molecule has 2 heterocycles. The third-order valence-electron chi connectivity index (χ3n) is 7.15. The molecule has 0 aromatic heterocycles. The third-order valence-corrected chi connectivity index (χ3v) is 7.15. The van der Waals surface area contributed by atoms with Crippen molar-refractivity contribution >= 4 is 29.1 Å². The van der Waals surface area contributed by atoms with Gasteiger partial charge in [0.25, 0.3) is 11.8 Å². The van der Waals surface area contributed by atoms with Gasteiger partial charge in [-0.1, -0.05) is 54.1 Å². The zero-order valence-corrected chi connectivity index (χ0v) is 20.4. The minimum Gasteiger partial charge on any atom is -0.339 e. The number of likely N-dealkylation sites (tertiary alicyclic amines) is 1. The van der Waals surface area contributed by atoms with Crippen LogP contribution in [0, 0.1) is 6.92 Å². The number of rotatable bonds is 5. The second-order valence-corrected chi connectivity index (χ2v) is 9.51. The predicted molar refractivity (Wildman–Crippen MR) is 140 cm³/mol. The van der Waals surface area contributed by atoms with Crippen LogP contribution in [-0.2, 0) is 9.59 Å². The van der Waals surface area contributed by atoms with Crippen LogP contribution in [0.4, 0.5) is 11.4 Å². The smallest absolute Gasteiger partial charge is 0.253 e. The van der Waals surface area contributed by atoms with Gasteiger partial charge in [0.2, 0.25) is 5.91 Å². The number of carbonyl (C=O) groups excluding carboxylic acids is 3. The lowest BCUT2D eigenvalue weighted by Gasteiger charge is -2.43. The van der Waals surface area contributed by atoms with Crippen LogP contribution in [0.15, 0.2) is 84.9 Å². The van der Waals surface area contributed by atoms with E-state index in [1.54, 1.807) is 4.90 Å². The molecule has 3 amide bonds.